The fourth-order valence-electron chi connectivity index (χ4n) is 1.44. The van der Waals surface area contributed by atoms with Crippen LogP contribution in [0.3, 0.4) is 0 Å². The maximum absolute atomic E-state index is 11.5. The Morgan fingerprint density at radius 2 is 2.13 bits per heavy atom. The molecule has 1 atom stereocenters. The lowest BCUT2D eigenvalue weighted by Crippen LogP contribution is -2.17. The van der Waals surface area contributed by atoms with Gasteiger partial charge in [-0.25, -0.2) is 4.79 Å². The summed E-state index contributed by atoms with van der Waals surface area (Å²) in [7, 11) is 0. The molecule has 0 radical (unpaired) electrons. The second-order valence-electron chi connectivity index (χ2n) is 3.29. The van der Waals surface area contributed by atoms with Crippen LogP contribution in [0.5, 0.6) is 0 Å². The summed E-state index contributed by atoms with van der Waals surface area (Å²) in [5.74, 6) is 0. The molecule has 0 spiro atoms. The van der Waals surface area contributed by atoms with E-state index >= 15 is 0 Å². The molecule has 15 heavy (non-hydrogen) atoms. The van der Waals surface area contributed by atoms with Crippen molar-refractivity contribution >= 4 is 11.0 Å². The van der Waals surface area contributed by atoms with Gasteiger partial charge in [0.25, 0.3) is 0 Å². The van der Waals surface area contributed by atoms with Crippen LogP contribution in [0.15, 0.2) is 52.2 Å². The molecule has 1 unspecified atom stereocenters. The standard InChI is InChI=1S/C12H11NO2/c1-2-10(13)9-7-8-5-3-4-6-11(8)15-12(9)14/h2-7,10H,1,13H2. The minimum atomic E-state index is -0.481. The van der Waals surface area contributed by atoms with Gasteiger partial charge in [0.15, 0.2) is 0 Å². The van der Waals surface area contributed by atoms with Crippen LogP contribution < -0.4 is 11.4 Å². The van der Waals surface area contributed by atoms with Crippen LogP contribution in [0.2, 0.25) is 0 Å². The molecule has 0 amide bonds. The van der Waals surface area contributed by atoms with Crippen molar-refractivity contribution in [1.29, 1.82) is 0 Å². The molecule has 0 saturated heterocycles. The summed E-state index contributed by atoms with van der Waals surface area (Å²) in [6, 6.07) is 8.58. The van der Waals surface area contributed by atoms with Gasteiger partial charge in [-0.2, -0.15) is 0 Å². The average Bonchev–Trinajstić information content (AvgIpc) is 2.27. The predicted octanol–water partition coefficient (Wildman–Crippen LogP) is 1.98. The zero-order valence-corrected chi connectivity index (χ0v) is 8.14. The van der Waals surface area contributed by atoms with E-state index in [1.54, 1.807) is 12.1 Å². The molecule has 0 aliphatic rings. The van der Waals surface area contributed by atoms with E-state index in [1.165, 1.54) is 6.08 Å². The highest BCUT2D eigenvalue weighted by Crippen LogP contribution is 2.15. The van der Waals surface area contributed by atoms with Gasteiger partial charge in [-0.05, 0) is 12.1 Å². The summed E-state index contributed by atoms with van der Waals surface area (Å²) in [6.07, 6.45) is 1.51. The molecule has 3 nitrogen and oxygen atoms in total. The molecule has 0 fully saturated rings. The Morgan fingerprint density at radius 1 is 1.40 bits per heavy atom. The topological polar surface area (TPSA) is 56.2 Å². The van der Waals surface area contributed by atoms with Gasteiger partial charge in [0.1, 0.15) is 5.58 Å². The SMILES string of the molecule is C=CC(N)c1cc2ccccc2oc1=O. The Balaban J connectivity index is 2.72. The molecule has 0 saturated carbocycles. The van der Waals surface area contributed by atoms with Crippen LogP contribution in [-0.2, 0) is 0 Å². The maximum atomic E-state index is 11.5. The summed E-state index contributed by atoms with van der Waals surface area (Å²) in [5, 5.41) is 0.865. The molecular formula is C12H11NO2. The first-order valence-corrected chi connectivity index (χ1v) is 4.63. The van der Waals surface area contributed by atoms with Crippen LogP contribution in [0.4, 0.5) is 0 Å². The van der Waals surface area contributed by atoms with Crippen LogP contribution >= 0.6 is 0 Å². The Labute approximate surface area is 86.8 Å². The highest BCUT2D eigenvalue weighted by atomic mass is 16.4. The molecule has 2 N–H and O–H groups in total. The van der Waals surface area contributed by atoms with E-state index < -0.39 is 11.7 Å². The second kappa shape index (κ2) is 3.71. The molecule has 0 bridgehead atoms. The second-order valence-corrected chi connectivity index (χ2v) is 3.29. The first-order valence-electron chi connectivity index (χ1n) is 4.63. The number of nitrogens with two attached hydrogens (primary N) is 1. The van der Waals surface area contributed by atoms with Gasteiger partial charge in [0, 0.05) is 5.39 Å². The van der Waals surface area contributed by atoms with Crippen LogP contribution in [0, 0.1) is 0 Å². The summed E-state index contributed by atoms with van der Waals surface area (Å²) < 4.78 is 5.13. The van der Waals surface area contributed by atoms with E-state index in [2.05, 4.69) is 6.58 Å². The van der Waals surface area contributed by atoms with Crippen molar-refractivity contribution in [3.8, 4) is 0 Å². The third-order valence-electron chi connectivity index (χ3n) is 2.28. The monoisotopic (exact) mass is 201 g/mol. The van der Waals surface area contributed by atoms with E-state index in [0.717, 1.165) is 5.39 Å². The Morgan fingerprint density at radius 3 is 2.87 bits per heavy atom. The Bertz CT molecular complexity index is 557. The number of para-hydroxylation sites is 1. The van der Waals surface area contributed by atoms with Gasteiger partial charge in [-0.1, -0.05) is 24.3 Å². The van der Waals surface area contributed by atoms with Crippen molar-refractivity contribution in [2.24, 2.45) is 5.73 Å². The van der Waals surface area contributed by atoms with Crippen LogP contribution in [0.1, 0.15) is 11.6 Å². The summed E-state index contributed by atoms with van der Waals surface area (Å²) >= 11 is 0. The van der Waals surface area contributed by atoms with Gasteiger partial charge in [-0.15, -0.1) is 6.58 Å². The lowest BCUT2D eigenvalue weighted by Gasteiger charge is -2.05. The van der Waals surface area contributed by atoms with Gasteiger partial charge < -0.3 is 10.2 Å². The summed E-state index contributed by atoms with van der Waals surface area (Å²) in [5.41, 5.74) is 6.31. The van der Waals surface area contributed by atoms with E-state index in [9.17, 15) is 4.79 Å². The lowest BCUT2D eigenvalue weighted by molar-refractivity contribution is 0.546. The van der Waals surface area contributed by atoms with E-state index in [-0.39, 0.29) is 0 Å². The lowest BCUT2D eigenvalue weighted by atomic mass is 10.1. The van der Waals surface area contributed by atoms with E-state index in [0.29, 0.717) is 11.1 Å². The molecule has 0 aliphatic carbocycles. The first-order chi connectivity index (χ1) is 7.22. The Hall–Kier alpha value is -1.87. The molecule has 1 aromatic carbocycles. The minimum absolute atomic E-state index is 0.402. The number of hydrogen-bond acceptors (Lipinski definition) is 3. The summed E-state index contributed by atoms with van der Waals surface area (Å²) in [4.78, 5) is 11.5. The van der Waals surface area contributed by atoms with Gasteiger partial charge in [-0.3, -0.25) is 0 Å². The normalized spacial score (nSPS) is 12.6. The third-order valence-corrected chi connectivity index (χ3v) is 2.28. The van der Waals surface area contributed by atoms with E-state index in [4.69, 9.17) is 10.2 Å². The average molecular weight is 201 g/mol. The molecule has 2 aromatic rings. The van der Waals surface area contributed by atoms with Crippen LogP contribution in [-0.4, -0.2) is 0 Å². The number of benzene rings is 1. The summed E-state index contributed by atoms with van der Waals surface area (Å²) in [6.45, 7) is 3.55. The van der Waals surface area contributed by atoms with Crippen molar-refractivity contribution in [1.82, 2.24) is 0 Å². The molecule has 2 rings (SSSR count). The van der Waals surface area contributed by atoms with Crippen molar-refractivity contribution < 1.29 is 4.42 Å². The van der Waals surface area contributed by atoms with Gasteiger partial charge in [0.2, 0.25) is 0 Å². The van der Waals surface area contributed by atoms with Crippen LogP contribution in [0.25, 0.3) is 11.0 Å². The molecule has 0 aliphatic heterocycles. The van der Waals surface area contributed by atoms with E-state index in [1.807, 2.05) is 18.2 Å². The van der Waals surface area contributed by atoms with Gasteiger partial charge >= 0.3 is 5.63 Å². The zero-order chi connectivity index (χ0) is 10.8. The number of fused-ring (bicyclic) bond motifs is 1. The maximum Gasteiger partial charge on any atom is 0.341 e. The third kappa shape index (κ3) is 1.69. The first kappa shape index (κ1) is 9.68. The van der Waals surface area contributed by atoms with Crippen molar-refractivity contribution in [3.63, 3.8) is 0 Å². The highest BCUT2D eigenvalue weighted by molar-refractivity contribution is 5.76. The number of rotatable bonds is 2. The zero-order valence-electron chi connectivity index (χ0n) is 8.14. The molecule has 1 aromatic heterocycles. The molecular weight excluding hydrogens is 190 g/mol. The van der Waals surface area contributed by atoms with Gasteiger partial charge in [0.05, 0.1) is 11.6 Å². The smallest absolute Gasteiger partial charge is 0.341 e. The quantitative estimate of drug-likeness (QED) is 0.597. The molecule has 3 heteroatoms. The molecule has 1 heterocycles. The largest absolute Gasteiger partial charge is 0.422 e. The molecule has 76 valence electrons. The predicted molar refractivity (Wildman–Crippen MR) is 59.6 cm³/mol. The highest BCUT2D eigenvalue weighted by Gasteiger charge is 2.09. The fourth-order valence-corrected chi connectivity index (χ4v) is 1.44. The fraction of sp³-hybridized carbons (Fsp3) is 0.0833. The van der Waals surface area contributed by atoms with Crippen molar-refractivity contribution in [3.05, 3.63) is 59.0 Å². The van der Waals surface area contributed by atoms with Crippen molar-refractivity contribution in [2.45, 2.75) is 6.04 Å². The Kier molecular flexibility index (Phi) is 2.39. The number of hydrogen-bond donors (Lipinski definition) is 1. The van der Waals surface area contributed by atoms with Crippen molar-refractivity contribution in [2.75, 3.05) is 0 Å². The minimum Gasteiger partial charge on any atom is -0.422 e.